The average molecular weight is 1040 g/mol. The number of H-pyrrole nitrogens is 1. The first-order valence-corrected chi connectivity index (χ1v) is 29.5. The summed E-state index contributed by atoms with van der Waals surface area (Å²) >= 11 is 0. The van der Waals surface area contributed by atoms with Crippen LogP contribution >= 0.6 is 0 Å². The van der Waals surface area contributed by atoms with Gasteiger partial charge in [-0.1, -0.05) is 115 Å². The van der Waals surface area contributed by atoms with Crippen molar-refractivity contribution in [2.24, 2.45) is 95.6 Å². The molecule has 11 aliphatic carbocycles. The third-order valence-electron chi connectivity index (χ3n) is 26.2. The number of aromatic nitrogens is 1. The number of hydrogen-bond donors (Lipinski definition) is 7. The number of rotatable bonds is 13. The molecule has 0 aromatic carbocycles. The molecule has 7 N–H and O–H groups in total. The third-order valence-corrected chi connectivity index (χ3v) is 26.2. The molecule has 76 heavy (non-hydrogen) atoms. The second-order valence-electron chi connectivity index (χ2n) is 28.2. The number of carbonyl (C=O) groups is 3. The number of amides is 1. The number of carboxylic acid groups (broad SMARTS) is 2. The van der Waals surface area contributed by atoms with Crippen LogP contribution in [-0.2, 0) is 41.4 Å². The molecule has 6 saturated carbocycles. The molecular formula is C63H82N2O11. The highest BCUT2D eigenvalue weighted by Gasteiger charge is 2.96. The summed E-state index contributed by atoms with van der Waals surface area (Å²) in [4.78, 5) is 48.3. The fraction of sp³-hybridized carbons (Fsp3) is 0.730. The number of aromatic amines is 1. The number of unbranched alkanes of at least 4 members (excludes halogenated alkanes) is 2. The van der Waals surface area contributed by atoms with Crippen molar-refractivity contribution < 1.29 is 54.1 Å². The summed E-state index contributed by atoms with van der Waals surface area (Å²) in [5.74, 6) is -2.36. The highest BCUT2D eigenvalue weighted by Crippen LogP contribution is 2.98. The minimum absolute atomic E-state index is 0.000994. The van der Waals surface area contributed by atoms with Gasteiger partial charge in [-0.3, -0.25) is 9.59 Å². The smallest absolute Gasteiger partial charge is 0.335 e. The fourth-order valence-electron chi connectivity index (χ4n) is 24.4. The summed E-state index contributed by atoms with van der Waals surface area (Å²) in [6, 6.07) is -0.427. The van der Waals surface area contributed by atoms with Gasteiger partial charge in [0.05, 0.1) is 23.5 Å². The molecule has 0 radical (unpaired) electrons. The number of aliphatic hydroxyl groups is 3. The first-order valence-electron chi connectivity index (χ1n) is 29.5. The summed E-state index contributed by atoms with van der Waals surface area (Å²) in [7, 11) is 1.72. The average Bonchev–Trinajstić information content (AvgIpc) is 0.964. The van der Waals surface area contributed by atoms with Crippen LogP contribution in [0.15, 0.2) is 72.1 Å². The number of carbonyl (C=O) groups excluding carboxylic acids is 1. The predicted molar refractivity (Wildman–Crippen MR) is 281 cm³/mol. The minimum atomic E-state index is -1.84. The minimum Gasteiger partial charge on any atom is -0.481 e. The Labute approximate surface area is 447 Å². The Morgan fingerprint density at radius 3 is 2.43 bits per heavy atom. The van der Waals surface area contributed by atoms with Gasteiger partial charge in [-0.2, -0.15) is 0 Å². The number of carboxylic acids is 2. The van der Waals surface area contributed by atoms with E-state index in [0.717, 1.165) is 64.2 Å². The highest BCUT2D eigenvalue weighted by atomic mass is 16.7. The van der Waals surface area contributed by atoms with Crippen LogP contribution in [-0.4, -0.2) is 105 Å². The van der Waals surface area contributed by atoms with Crippen LogP contribution in [0.4, 0.5) is 0 Å². The summed E-state index contributed by atoms with van der Waals surface area (Å²) in [6.45, 7) is 14.5. The van der Waals surface area contributed by atoms with Crippen molar-refractivity contribution in [2.75, 3.05) is 13.7 Å². The Bertz CT molecular complexity index is 2860. The van der Waals surface area contributed by atoms with Gasteiger partial charge in [0.25, 0.3) is 0 Å². The summed E-state index contributed by atoms with van der Waals surface area (Å²) in [5.41, 5.74) is -1.92. The van der Waals surface area contributed by atoms with Crippen LogP contribution in [0.5, 0.6) is 0 Å². The lowest BCUT2D eigenvalue weighted by atomic mass is 9.10. The molecule has 3 heterocycles. The van der Waals surface area contributed by atoms with Crippen LogP contribution < -0.4 is 5.32 Å². The first kappa shape index (κ1) is 50.4. The predicted octanol–water partition coefficient (Wildman–Crippen LogP) is 8.26. The molecule has 23 atom stereocenters. The molecule has 9 bridgehead atoms. The van der Waals surface area contributed by atoms with Gasteiger partial charge < -0.3 is 50.0 Å². The van der Waals surface area contributed by atoms with Crippen molar-refractivity contribution in [3.8, 4) is 0 Å². The molecule has 13 nitrogen and oxygen atoms in total. The fourth-order valence-corrected chi connectivity index (χ4v) is 24.4. The molecule has 13 aliphatic rings. The monoisotopic (exact) mass is 1040 g/mol. The summed E-state index contributed by atoms with van der Waals surface area (Å²) in [6.07, 6.45) is 26.5. The van der Waals surface area contributed by atoms with Gasteiger partial charge in [-0.05, 0) is 144 Å². The Morgan fingerprint density at radius 2 is 1.70 bits per heavy atom. The van der Waals surface area contributed by atoms with Gasteiger partial charge in [0.15, 0.2) is 12.4 Å². The van der Waals surface area contributed by atoms with E-state index in [-0.39, 0.29) is 47.3 Å². The normalized spacial score (nSPS) is 53.3. The number of aliphatic carboxylic acids is 2. The highest BCUT2D eigenvalue weighted by molar-refractivity contribution is 5.93. The van der Waals surface area contributed by atoms with Crippen LogP contribution in [0.3, 0.4) is 0 Å². The zero-order valence-corrected chi connectivity index (χ0v) is 45.6. The van der Waals surface area contributed by atoms with Gasteiger partial charge in [-0.15, -0.1) is 0 Å². The number of allylic oxidation sites excluding steroid dienone is 7. The van der Waals surface area contributed by atoms with Crippen molar-refractivity contribution in [1.29, 1.82) is 0 Å². The maximum Gasteiger partial charge on any atom is 0.335 e. The van der Waals surface area contributed by atoms with E-state index >= 15 is 9.59 Å². The number of hydrogen-bond acceptors (Lipinski definition) is 9. The van der Waals surface area contributed by atoms with E-state index in [1.165, 1.54) is 22.3 Å². The Balaban J connectivity index is 1.09. The van der Waals surface area contributed by atoms with Gasteiger partial charge in [0.2, 0.25) is 5.91 Å². The lowest BCUT2D eigenvalue weighted by Gasteiger charge is -2.92. The number of methoxy groups -OCH3 is 1. The van der Waals surface area contributed by atoms with Crippen LogP contribution in [0.1, 0.15) is 130 Å². The molecule has 1 aromatic heterocycles. The SMILES string of the molecule is CCCCC[C@@H]1C[C@@H]2[C@@H]3C=C[C@@H](Cc4c[nH]cc4CC)[C@]45[C@@H]3C(C)(C)[C@@H](O[C@@H]3O[C@H](C(=O)O)[C@@H](O)[C@H](O)[C@H]3O)C[C@]43C=CC4=C[C@]16C(=O)N[C@@H]1[C@@]7(C)CC=C[C@@]18C1=C[C@@H](CC3)[C@]45[C@]2(C)[C@]16CC[C@@]8(C(=O)O)[C@H](COC)C7. The Kier molecular flexibility index (Phi) is 10.4. The number of ether oxygens (including phenoxy) is 3. The molecule has 0 unspecified atom stereocenters. The van der Waals surface area contributed by atoms with E-state index in [2.05, 4.69) is 113 Å². The zero-order chi connectivity index (χ0) is 53.3. The van der Waals surface area contributed by atoms with Crippen LogP contribution in [0.2, 0.25) is 0 Å². The zero-order valence-electron chi connectivity index (χ0n) is 45.6. The lowest BCUT2D eigenvalue weighted by molar-refractivity contribution is -0.404. The molecule has 2 saturated heterocycles. The maximum atomic E-state index is 17.1. The van der Waals surface area contributed by atoms with Gasteiger partial charge in [-0.25, -0.2) is 4.79 Å². The number of aliphatic hydroxyl groups excluding tert-OH is 3. The van der Waals surface area contributed by atoms with E-state index in [9.17, 15) is 30.3 Å². The molecular weight excluding hydrogens is 961 g/mol. The molecule has 2 aliphatic heterocycles. The van der Waals surface area contributed by atoms with Crippen molar-refractivity contribution in [3.63, 3.8) is 0 Å². The second kappa shape index (κ2) is 15.7. The second-order valence-corrected chi connectivity index (χ2v) is 28.2. The Morgan fingerprint density at radius 1 is 0.908 bits per heavy atom. The van der Waals surface area contributed by atoms with Crippen LogP contribution in [0.25, 0.3) is 0 Å². The molecule has 4 spiro atoms. The molecule has 1 aromatic rings. The summed E-state index contributed by atoms with van der Waals surface area (Å²) < 4.78 is 19.3. The van der Waals surface area contributed by atoms with E-state index < -0.39 is 109 Å². The van der Waals surface area contributed by atoms with Crippen molar-refractivity contribution in [2.45, 2.75) is 174 Å². The molecule has 1 amide bonds. The number of fused-ring (bicyclic) bond motifs is 1. The number of aryl methyl sites for hydroxylation is 1. The Hall–Kier alpha value is -3.85. The van der Waals surface area contributed by atoms with E-state index in [1.807, 2.05) is 0 Å². The standard InChI is InChI=1S/C63H82N2O11/c1-8-10-11-13-35-25-41-40-15-14-36(24-34-31-64-30-33(34)9-2)63-48(40)54(3,4)43(75-50-46(68)44(66)45(67)47(76-50)49(69)70)29-57(63)20-16-37-26-42-59-19-12-18-55(5)27-39(32-74-7)58(59,53(72)73)22-23-61(42)56(41,6)62(37,63)38(17-21-57)28-60(35,61)52(71)65-51(55)59/h12,14-15,17,19,21,26,28,30-31,35-37,39-41,43-48,50-51,64,66-68H,8-11,13,16,18,20,22-25,27,29,32H2,1-7H3,(H,65,71)(H,69,70)(H,72,73)/t35-,36+,37-,39+,40+,41-,43+,44+,45+,46-,47+,48+,50-,51-,55+,56+,57+,58+,59-,60-,61+,62-,63+/m1/s1. The lowest BCUT2D eigenvalue weighted by Crippen LogP contribution is -2.89. The molecule has 8 fully saturated rings. The first-order chi connectivity index (χ1) is 36.2. The third kappa shape index (κ3) is 4.99. The quantitative estimate of drug-likeness (QED) is 0.0569. The summed E-state index contributed by atoms with van der Waals surface area (Å²) in [5, 5.41) is 60.3. The molecule has 13 heteroatoms. The van der Waals surface area contributed by atoms with Crippen molar-refractivity contribution in [3.05, 3.63) is 83.3 Å². The van der Waals surface area contributed by atoms with E-state index in [1.54, 1.807) is 7.11 Å². The van der Waals surface area contributed by atoms with E-state index in [4.69, 9.17) is 14.2 Å². The number of nitrogens with one attached hydrogen (secondary N) is 2. The maximum absolute atomic E-state index is 17.1. The van der Waals surface area contributed by atoms with Crippen molar-refractivity contribution in [1.82, 2.24) is 10.3 Å². The topological polar surface area (TPSA) is 208 Å². The van der Waals surface area contributed by atoms with Gasteiger partial charge in [0.1, 0.15) is 18.3 Å². The van der Waals surface area contributed by atoms with Crippen molar-refractivity contribution >= 4 is 17.8 Å². The van der Waals surface area contributed by atoms with Crippen LogP contribution in [0, 0.1) is 95.6 Å². The van der Waals surface area contributed by atoms with E-state index in [0.29, 0.717) is 32.3 Å². The van der Waals surface area contributed by atoms with Gasteiger partial charge in [0, 0.05) is 53.1 Å². The van der Waals surface area contributed by atoms with Gasteiger partial charge >= 0.3 is 11.9 Å². The molecule has 14 rings (SSSR count). The molecule has 410 valence electrons. The largest absolute Gasteiger partial charge is 0.481 e.